The molecule has 90 valence electrons. The van der Waals surface area contributed by atoms with Crippen LogP contribution in [0.3, 0.4) is 0 Å². The average Bonchev–Trinajstić information content (AvgIpc) is 2.12. The summed E-state index contributed by atoms with van der Waals surface area (Å²) in [6, 6.07) is 0. The second-order valence-corrected chi connectivity index (χ2v) is 3.89. The molecule has 2 N–H and O–H groups in total. The minimum atomic E-state index is -0.958. The maximum Gasteiger partial charge on any atom is 0.307 e. The van der Waals surface area contributed by atoms with Crippen LogP contribution in [0.15, 0.2) is 16.9 Å². The minimum Gasteiger partial charge on any atom is -0.481 e. The first-order valence-corrected chi connectivity index (χ1v) is 5.07. The van der Waals surface area contributed by atoms with Crippen LogP contribution < -0.4 is 5.32 Å². The van der Waals surface area contributed by atoms with Gasteiger partial charge in [-0.15, -0.1) is 0 Å². The van der Waals surface area contributed by atoms with Gasteiger partial charge in [0.1, 0.15) is 5.82 Å². The molecule has 0 rings (SSSR count). The van der Waals surface area contributed by atoms with Crippen molar-refractivity contribution < 1.29 is 14.7 Å². The van der Waals surface area contributed by atoms with E-state index < -0.39 is 5.97 Å². The number of hydrogen-bond acceptors (Lipinski definition) is 3. The average molecular weight is 226 g/mol. The molecule has 0 bridgehead atoms. The molecule has 0 aliphatic rings. The van der Waals surface area contributed by atoms with E-state index in [1.165, 1.54) is 6.08 Å². The van der Waals surface area contributed by atoms with E-state index in [0.29, 0.717) is 5.82 Å². The lowest BCUT2D eigenvalue weighted by Gasteiger charge is -2.08. The number of nitrogens with one attached hydrogen (secondary N) is 1. The first-order valence-electron chi connectivity index (χ1n) is 5.07. The SMILES string of the molecule is CC(C)=N/C(=C\CC(=O)O)NC(=O)C(C)C. The summed E-state index contributed by atoms with van der Waals surface area (Å²) in [4.78, 5) is 25.9. The van der Waals surface area contributed by atoms with Crippen molar-refractivity contribution in [2.75, 3.05) is 0 Å². The highest BCUT2D eigenvalue weighted by atomic mass is 16.4. The molecule has 0 aliphatic carbocycles. The lowest BCUT2D eigenvalue weighted by molar-refractivity contribution is -0.136. The highest BCUT2D eigenvalue weighted by Gasteiger charge is 2.08. The summed E-state index contributed by atoms with van der Waals surface area (Å²) < 4.78 is 0. The number of rotatable bonds is 5. The lowest BCUT2D eigenvalue weighted by Crippen LogP contribution is -2.26. The highest BCUT2D eigenvalue weighted by Crippen LogP contribution is 2.00. The molecule has 5 heteroatoms. The number of nitrogens with zero attached hydrogens (tertiary/aromatic N) is 1. The van der Waals surface area contributed by atoms with Crippen molar-refractivity contribution in [1.29, 1.82) is 0 Å². The van der Waals surface area contributed by atoms with Crippen molar-refractivity contribution in [2.24, 2.45) is 10.9 Å². The number of carboxylic acids is 1. The highest BCUT2D eigenvalue weighted by molar-refractivity contribution is 5.83. The van der Waals surface area contributed by atoms with Gasteiger partial charge in [0.15, 0.2) is 0 Å². The van der Waals surface area contributed by atoms with Crippen LogP contribution in [0.5, 0.6) is 0 Å². The van der Waals surface area contributed by atoms with E-state index in [1.807, 2.05) is 0 Å². The molecule has 0 fully saturated rings. The summed E-state index contributed by atoms with van der Waals surface area (Å²) >= 11 is 0. The van der Waals surface area contributed by atoms with Crippen LogP contribution in [0.2, 0.25) is 0 Å². The molecule has 0 heterocycles. The summed E-state index contributed by atoms with van der Waals surface area (Å²) in [6.45, 7) is 7.06. The van der Waals surface area contributed by atoms with Gasteiger partial charge in [-0.2, -0.15) is 0 Å². The van der Waals surface area contributed by atoms with Crippen LogP contribution in [0, 0.1) is 5.92 Å². The Labute approximate surface area is 95.3 Å². The number of aliphatic imine (C=N–C) groups is 1. The minimum absolute atomic E-state index is 0.162. The molecule has 0 atom stereocenters. The maximum absolute atomic E-state index is 11.4. The molecule has 0 aliphatic heterocycles. The van der Waals surface area contributed by atoms with Crippen molar-refractivity contribution in [3.05, 3.63) is 11.9 Å². The Hall–Kier alpha value is -1.65. The fourth-order valence-corrected chi connectivity index (χ4v) is 0.820. The van der Waals surface area contributed by atoms with Gasteiger partial charge >= 0.3 is 5.97 Å². The number of carbonyl (C=O) groups is 2. The third kappa shape index (κ3) is 6.75. The second kappa shape index (κ2) is 6.76. The van der Waals surface area contributed by atoms with Crippen LogP contribution >= 0.6 is 0 Å². The topological polar surface area (TPSA) is 78.8 Å². The predicted octanol–water partition coefficient (Wildman–Crippen LogP) is 1.56. The van der Waals surface area contributed by atoms with Crippen molar-refractivity contribution in [2.45, 2.75) is 34.1 Å². The zero-order valence-electron chi connectivity index (χ0n) is 10.1. The Bertz CT molecular complexity index is 326. The summed E-state index contributed by atoms with van der Waals surface area (Å²) in [5, 5.41) is 11.1. The van der Waals surface area contributed by atoms with Gasteiger partial charge in [-0.25, -0.2) is 4.99 Å². The van der Waals surface area contributed by atoms with Gasteiger partial charge in [0, 0.05) is 11.6 Å². The Morgan fingerprint density at radius 2 is 1.94 bits per heavy atom. The van der Waals surface area contributed by atoms with Gasteiger partial charge in [0.05, 0.1) is 6.42 Å². The van der Waals surface area contributed by atoms with E-state index in [1.54, 1.807) is 27.7 Å². The fraction of sp³-hybridized carbons (Fsp3) is 0.545. The zero-order chi connectivity index (χ0) is 12.7. The standard InChI is InChI=1S/C11H18N2O3/c1-7(2)11(16)13-9(12-8(3)4)5-6-10(14)15/h5,7H,6H2,1-4H3,(H,13,16)(H,14,15)/b9-5+. The molecule has 16 heavy (non-hydrogen) atoms. The number of hydrogen-bond donors (Lipinski definition) is 2. The van der Waals surface area contributed by atoms with Crippen LogP contribution in [-0.4, -0.2) is 22.7 Å². The number of aliphatic carboxylic acids is 1. The lowest BCUT2D eigenvalue weighted by atomic mass is 10.2. The predicted molar refractivity (Wildman–Crippen MR) is 62.1 cm³/mol. The quantitative estimate of drug-likeness (QED) is 0.698. The Balaban J connectivity index is 4.69. The molecule has 0 spiro atoms. The molecular formula is C11H18N2O3. The molecular weight excluding hydrogens is 208 g/mol. The van der Waals surface area contributed by atoms with Crippen LogP contribution in [0.1, 0.15) is 34.1 Å². The van der Waals surface area contributed by atoms with Gasteiger partial charge in [0.2, 0.25) is 5.91 Å². The molecule has 0 aromatic carbocycles. The summed E-state index contributed by atoms with van der Waals surface area (Å²) in [5.41, 5.74) is 0.751. The number of amides is 1. The van der Waals surface area contributed by atoms with E-state index in [4.69, 9.17) is 5.11 Å². The summed E-state index contributed by atoms with van der Waals surface area (Å²) in [5.74, 6) is -1.01. The normalized spacial score (nSPS) is 11.2. The summed E-state index contributed by atoms with van der Waals surface area (Å²) in [7, 11) is 0. The van der Waals surface area contributed by atoms with Gasteiger partial charge in [0.25, 0.3) is 0 Å². The molecule has 1 amide bonds. The third-order valence-corrected chi connectivity index (χ3v) is 1.59. The van der Waals surface area contributed by atoms with Crippen molar-refractivity contribution in [1.82, 2.24) is 5.32 Å². The first kappa shape index (κ1) is 14.3. The van der Waals surface area contributed by atoms with Crippen molar-refractivity contribution in [3.8, 4) is 0 Å². The fourth-order valence-electron chi connectivity index (χ4n) is 0.820. The van der Waals surface area contributed by atoms with Gasteiger partial charge in [-0.3, -0.25) is 9.59 Å². The molecule has 0 saturated heterocycles. The van der Waals surface area contributed by atoms with E-state index >= 15 is 0 Å². The maximum atomic E-state index is 11.4. The van der Waals surface area contributed by atoms with Crippen LogP contribution in [0.25, 0.3) is 0 Å². The van der Waals surface area contributed by atoms with E-state index in [2.05, 4.69) is 10.3 Å². The van der Waals surface area contributed by atoms with Gasteiger partial charge in [-0.1, -0.05) is 13.8 Å². The van der Waals surface area contributed by atoms with Crippen LogP contribution in [0.4, 0.5) is 0 Å². The zero-order valence-corrected chi connectivity index (χ0v) is 10.1. The van der Waals surface area contributed by atoms with Crippen molar-refractivity contribution in [3.63, 3.8) is 0 Å². The Kier molecular flexibility index (Phi) is 6.07. The van der Waals surface area contributed by atoms with Crippen LogP contribution in [-0.2, 0) is 9.59 Å². The molecule has 0 aromatic rings. The monoisotopic (exact) mass is 226 g/mol. The molecule has 0 unspecified atom stereocenters. The second-order valence-electron chi connectivity index (χ2n) is 3.89. The van der Waals surface area contributed by atoms with Gasteiger partial charge < -0.3 is 10.4 Å². The molecule has 0 radical (unpaired) electrons. The first-order chi connectivity index (χ1) is 7.32. The molecule has 0 aromatic heterocycles. The Morgan fingerprint density at radius 3 is 2.31 bits per heavy atom. The van der Waals surface area contributed by atoms with Gasteiger partial charge in [-0.05, 0) is 19.9 Å². The largest absolute Gasteiger partial charge is 0.481 e. The van der Waals surface area contributed by atoms with Crippen molar-refractivity contribution >= 4 is 17.6 Å². The molecule has 0 saturated carbocycles. The number of carbonyl (C=O) groups excluding carboxylic acids is 1. The number of carboxylic acid groups (broad SMARTS) is 1. The van der Waals surface area contributed by atoms with E-state index in [-0.39, 0.29) is 18.2 Å². The van der Waals surface area contributed by atoms with E-state index in [9.17, 15) is 9.59 Å². The summed E-state index contributed by atoms with van der Waals surface area (Å²) in [6.07, 6.45) is 1.22. The van der Waals surface area contributed by atoms with E-state index in [0.717, 1.165) is 5.71 Å². The smallest absolute Gasteiger partial charge is 0.307 e. The molecule has 5 nitrogen and oxygen atoms in total. The Morgan fingerprint density at radius 1 is 1.38 bits per heavy atom. The third-order valence-electron chi connectivity index (χ3n) is 1.59.